The molecule has 0 spiro atoms. The van der Waals surface area contributed by atoms with Gasteiger partial charge in [-0.3, -0.25) is 0 Å². The number of halogens is 1. The fraction of sp³-hybridized carbons (Fsp3) is 0.571. The van der Waals surface area contributed by atoms with Crippen LogP contribution in [0.1, 0.15) is 25.7 Å². The number of rotatable bonds is 5. The van der Waals surface area contributed by atoms with Gasteiger partial charge in [0, 0.05) is 16.6 Å². The Bertz CT molecular complexity index is 611. The summed E-state index contributed by atoms with van der Waals surface area (Å²) >= 11 is 3.28. The summed E-state index contributed by atoms with van der Waals surface area (Å²) in [4.78, 5) is 2.27. The van der Waals surface area contributed by atoms with Crippen molar-refractivity contribution in [3.05, 3.63) is 22.7 Å². The highest BCUT2D eigenvalue weighted by atomic mass is 79.9. The van der Waals surface area contributed by atoms with Gasteiger partial charge in [-0.25, -0.2) is 13.1 Å². The molecule has 1 aliphatic rings. The fourth-order valence-corrected chi connectivity index (χ4v) is 4.50. The molecule has 0 heterocycles. The first kappa shape index (κ1) is 16.7. The topological polar surface area (TPSA) is 75.4 Å². The highest BCUT2D eigenvalue weighted by Crippen LogP contribution is 2.33. The molecular weight excluding hydrogens is 354 g/mol. The second-order valence-electron chi connectivity index (χ2n) is 5.83. The summed E-state index contributed by atoms with van der Waals surface area (Å²) in [7, 11) is 0.426. The van der Waals surface area contributed by atoms with Crippen molar-refractivity contribution < 1.29 is 8.42 Å². The van der Waals surface area contributed by atoms with E-state index in [0.717, 1.165) is 30.2 Å². The Kier molecular flexibility index (Phi) is 4.97. The number of nitrogens with zero attached hydrogens (tertiary/aromatic N) is 1. The molecule has 0 amide bonds. The van der Waals surface area contributed by atoms with Crippen molar-refractivity contribution in [3.63, 3.8) is 0 Å². The van der Waals surface area contributed by atoms with Crippen LogP contribution < -0.4 is 10.5 Å². The first-order valence-electron chi connectivity index (χ1n) is 6.99. The Morgan fingerprint density at radius 1 is 1.33 bits per heavy atom. The van der Waals surface area contributed by atoms with Crippen molar-refractivity contribution in [2.75, 3.05) is 26.4 Å². The van der Waals surface area contributed by atoms with Crippen molar-refractivity contribution in [1.82, 2.24) is 9.62 Å². The first-order chi connectivity index (χ1) is 9.77. The van der Waals surface area contributed by atoms with Gasteiger partial charge >= 0.3 is 0 Å². The number of benzene rings is 1. The minimum absolute atomic E-state index is 0.0861. The molecule has 0 aliphatic heterocycles. The fourth-order valence-electron chi connectivity index (χ4n) is 2.89. The third-order valence-corrected chi connectivity index (χ3v) is 6.30. The maximum Gasteiger partial charge on any atom is 0.242 e. The molecule has 1 aliphatic carbocycles. The second-order valence-corrected chi connectivity index (χ2v) is 8.48. The molecule has 2 rings (SSSR count). The van der Waals surface area contributed by atoms with Crippen molar-refractivity contribution in [1.29, 1.82) is 0 Å². The smallest absolute Gasteiger partial charge is 0.242 e. The lowest BCUT2D eigenvalue weighted by Gasteiger charge is -2.36. The van der Waals surface area contributed by atoms with E-state index in [2.05, 4.69) is 25.6 Å². The molecule has 0 atom stereocenters. The molecule has 7 heteroatoms. The third-order valence-electron chi connectivity index (χ3n) is 4.34. The lowest BCUT2D eigenvalue weighted by Crippen LogP contribution is -2.50. The van der Waals surface area contributed by atoms with Crippen molar-refractivity contribution in [2.45, 2.75) is 36.1 Å². The first-order valence-corrected chi connectivity index (χ1v) is 9.27. The van der Waals surface area contributed by atoms with Crippen molar-refractivity contribution in [2.24, 2.45) is 0 Å². The van der Waals surface area contributed by atoms with Crippen LogP contribution in [0.4, 0.5) is 5.69 Å². The third kappa shape index (κ3) is 3.59. The number of likely N-dealkylation sites (N-methyl/N-ethyl adjacent to an activating group) is 1. The maximum absolute atomic E-state index is 12.5. The van der Waals surface area contributed by atoms with Crippen molar-refractivity contribution in [3.8, 4) is 0 Å². The molecule has 0 aromatic heterocycles. The van der Waals surface area contributed by atoms with E-state index in [9.17, 15) is 8.42 Å². The van der Waals surface area contributed by atoms with Gasteiger partial charge < -0.3 is 10.6 Å². The molecule has 118 valence electrons. The van der Waals surface area contributed by atoms with E-state index in [1.165, 1.54) is 6.07 Å². The number of anilines is 1. The van der Waals surface area contributed by atoms with E-state index in [-0.39, 0.29) is 16.1 Å². The van der Waals surface area contributed by atoms with Gasteiger partial charge in [-0.05, 0) is 45.1 Å². The second kappa shape index (κ2) is 6.24. The molecule has 5 nitrogen and oxygen atoms in total. The van der Waals surface area contributed by atoms with E-state index in [1.54, 1.807) is 12.1 Å². The summed E-state index contributed by atoms with van der Waals surface area (Å²) in [5.41, 5.74) is 5.99. The molecule has 1 saturated carbocycles. The van der Waals surface area contributed by atoms with E-state index < -0.39 is 10.0 Å². The van der Waals surface area contributed by atoms with E-state index in [4.69, 9.17) is 5.73 Å². The predicted octanol–water partition coefficient (Wildman–Crippen LogP) is 2.18. The van der Waals surface area contributed by atoms with Crippen LogP contribution in [0, 0.1) is 0 Å². The standard InChI is InChI=1S/C14H22BrN3O2S/c1-18(2)14(7-3-4-8-14)10-17-21(19,20)13-6-5-11(15)9-12(13)16/h5-6,9,17H,3-4,7-8,10,16H2,1-2H3. The van der Waals surface area contributed by atoms with Crippen LogP contribution in [0.5, 0.6) is 0 Å². The molecule has 0 unspecified atom stereocenters. The van der Waals surface area contributed by atoms with Gasteiger partial charge in [-0.15, -0.1) is 0 Å². The quantitative estimate of drug-likeness (QED) is 0.773. The number of nitrogens with two attached hydrogens (primary N) is 1. The number of nitrogen functional groups attached to an aromatic ring is 1. The van der Waals surface area contributed by atoms with E-state index in [0.29, 0.717) is 6.54 Å². The number of hydrogen-bond acceptors (Lipinski definition) is 4. The minimum Gasteiger partial charge on any atom is -0.398 e. The van der Waals surface area contributed by atoms with Crippen LogP contribution in [0.2, 0.25) is 0 Å². The molecule has 1 aromatic carbocycles. The zero-order valence-electron chi connectivity index (χ0n) is 12.4. The average molecular weight is 376 g/mol. The summed E-state index contributed by atoms with van der Waals surface area (Å²) in [6.07, 6.45) is 4.30. The molecule has 21 heavy (non-hydrogen) atoms. The summed E-state index contributed by atoms with van der Waals surface area (Å²) < 4.78 is 28.4. The average Bonchev–Trinajstić information content (AvgIpc) is 2.86. The Morgan fingerprint density at radius 3 is 2.48 bits per heavy atom. The van der Waals surface area contributed by atoms with E-state index >= 15 is 0 Å². The van der Waals surface area contributed by atoms with Crippen LogP contribution in [0.15, 0.2) is 27.6 Å². The van der Waals surface area contributed by atoms with Crippen molar-refractivity contribution >= 4 is 31.6 Å². The van der Waals surface area contributed by atoms with Crippen LogP contribution >= 0.6 is 15.9 Å². The van der Waals surface area contributed by atoms with Gasteiger partial charge in [0.15, 0.2) is 0 Å². The molecule has 0 radical (unpaired) electrons. The monoisotopic (exact) mass is 375 g/mol. The normalized spacial score (nSPS) is 18.3. The number of nitrogens with one attached hydrogen (secondary N) is 1. The van der Waals surface area contributed by atoms with Crippen LogP contribution in [0.25, 0.3) is 0 Å². The SMILES string of the molecule is CN(C)C1(CNS(=O)(=O)c2ccc(Br)cc2N)CCCC1. The molecule has 0 saturated heterocycles. The lowest BCUT2D eigenvalue weighted by atomic mass is 9.97. The minimum atomic E-state index is -3.59. The molecule has 0 bridgehead atoms. The van der Waals surface area contributed by atoms with Gasteiger partial charge in [0.2, 0.25) is 10.0 Å². The zero-order chi connectivity index (χ0) is 15.7. The highest BCUT2D eigenvalue weighted by Gasteiger charge is 2.37. The Balaban J connectivity index is 2.18. The molecule has 1 aromatic rings. The van der Waals surface area contributed by atoms with Gasteiger partial charge in [0.05, 0.1) is 5.69 Å². The molecule has 3 N–H and O–H groups in total. The van der Waals surface area contributed by atoms with Crippen LogP contribution in [-0.2, 0) is 10.0 Å². The Labute approximate surface area is 135 Å². The molecule has 1 fully saturated rings. The summed E-state index contributed by atoms with van der Waals surface area (Å²) in [5.74, 6) is 0. The van der Waals surface area contributed by atoms with Crippen LogP contribution in [-0.4, -0.2) is 39.5 Å². The zero-order valence-corrected chi connectivity index (χ0v) is 14.8. The maximum atomic E-state index is 12.5. The van der Waals surface area contributed by atoms with Gasteiger partial charge in [0.1, 0.15) is 4.90 Å². The van der Waals surface area contributed by atoms with Crippen LogP contribution in [0.3, 0.4) is 0 Å². The molecular formula is C14H22BrN3O2S. The number of sulfonamides is 1. The highest BCUT2D eigenvalue weighted by molar-refractivity contribution is 9.10. The Morgan fingerprint density at radius 2 is 1.95 bits per heavy atom. The van der Waals surface area contributed by atoms with E-state index in [1.807, 2.05) is 14.1 Å². The van der Waals surface area contributed by atoms with Gasteiger partial charge in [-0.2, -0.15) is 0 Å². The summed E-state index contributed by atoms with van der Waals surface area (Å²) in [5, 5.41) is 0. The lowest BCUT2D eigenvalue weighted by molar-refractivity contribution is 0.162. The Hall–Kier alpha value is -0.630. The summed E-state index contributed by atoms with van der Waals surface area (Å²) in [6, 6.07) is 4.81. The largest absolute Gasteiger partial charge is 0.398 e. The number of hydrogen-bond donors (Lipinski definition) is 2. The van der Waals surface area contributed by atoms with Gasteiger partial charge in [0.25, 0.3) is 0 Å². The summed E-state index contributed by atoms with van der Waals surface area (Å²) in [6.45, 7) is 0.415. The predicted molar refractivity (Wildman–Crippen MR) is 88.6 cm³/mol. The van der Waals surface area contributed by atoms with Gasteiger partial charge in [-0.1, -0.05) is 28.8 Å².